The van der Waals surface area contributed by atoms with Gasteiger partial charge in [0.25, 0.3) is 5.91 Å². The minimum Gasteiger partial charge on any atom is -0.464 e. The molecule has 0 aromatic carbocycles. The van der Waals surface area contributed by atoms with Gasteiger partial charge in [-0.3, -0.25) is 19.7 Å². The van der Waals surface area contributed by atoms with Crippen LogP contribution in [0, 0.1) is 5.41 Å². The van der Waals surface area contributed by atoms with E-state index in [-0.39, 0.29) is 37.8 Å². The van der Waals surface area contributed by atoms with Crippen molar-refractivity contribution in [3.63, 3.8) is 0 Å². The zero-order valence-corrected chi connectivity index (χ0v) is 24.4. The fourth-order valence-electron chi connectivity index (χ4n) is 4.40. The molecule has 0 unspecified atom stereocenters. The molecule has 1 saturated heterocycles. The van der Waals surface area contributed by atoms with E-state index in [0.717, 1.165) is 47.7 Å². The highest BCUT2D eigenvalue weighted by molar-refractivity contribution is 5.95. The monoisotopic (exact) mass is 571 g/mol. The molecule has 1 amide bonds. The van der Waals surface area contributed by atoms with Gasteiger partial charge in [0, 0.05) is 57.7 Å². The first-order valence-electron chi connectivity index (χ1n) is 14.0. The van der Waals surface area contributed by atoms with Crippen LogP contribution in [0.1, 0.15) is 60.8 Å². The third-order valence-corrected chi connectivity index (χ3v) is 6.60. The number of ether oxygens (including phenoxy) is 2. The summed E-state index contributed by atoms with van der Waals surface area (Å²) in [7, 11) is 1.73. The largest absolute Gasteiger partial charge is 0.464 e. The van der Waals surface area contributed by atoms with Crippen molar-refractivity contribution in [2.75, 3.05) is 57.3 Å². The number of nitrogens with two attached hydrogens (primary N) is 1. The lowest BCUT2D eigenvalue weighted by Gasteiger charge is -2.27. The second-order valence-corrected chi connectivity index (χ2v) is 9.61. The predicted octanol–water partition coefficient (Wildman–Crippen LogP) is 1.57. The molecule has 0 atom stereocenters. The van der Waals surface area contributed by atoms with Crippen LogP contribution in [0.5, 0.6) is 0 Å². The summed E-state index contributed by atoms with van der Waals surface area (Å²) in [6.45, 7) is 8.74. The summed E-state index contributed by atoms with van der Waals surface area (Å²) in [5, 5.41) is 21.4. The predicted molar refractivity (Wildman–Crippen MR) is 155 cm³/mol. The Bertz CT molecular complexity index is 1160. The number of amides is 1. The third kappa shape index (κ3) is 9.74. The van der Waals surface area contributed by atoms with Crippen molar-refractivity contribution in [2.24, 2.45) is 0 Å². The van der Waals surface area contributed by atoms with Crippen molar-refractivity contribution in [2.45, 2.75) is 52.6 Å². The zero-order valence-electron chi connectivity index (χ0n) is 24.4. The Kier molecular flexibility index (Phi) is 12.9. The molecule has 224 valence electrons. The molecular weight excluding hydrogens is 528 g/mol. The maximum atomic E-state index is 13.1. The molecule has 41 heavy (non-hydrogen) atoms. The number of rotatable bonds is 16. The molecule has 3 heterocycles. The van der Waals surface area contributed by atoms with Gasteiger partial charge in [-0.15, -0.1) is 0 Å². The molecule has 0 bridgehead atoms. The van der Waals surface area contributed by atoms with Gasteiger partial charge < -0.3 is 30.8 Å². The van der Waals surface area contributed by atoms with Gasteiger partial charge in [-0.2, -0.15) is 5.06 Å². The van der Waals surface area contributed by atoms with Crippen molar-refractivity contribution >= 4 is 35.4 Å². The number of aryl methyl sites for hydroxylation is 1. The molecule has 1 aliphatic rings. The number of quaternary nitrogens is 1. The number of anilines is 2. The van der Waals surface area contributed by atoms with Crippen molar-refractivity contribution < 1.29 is 29.2 Å². The molecule has 13 nitrogen and oxygen atoms in total. The van der Waals surface area contributed by atoms with E-state index < -0.39 is 0 Å². The molecule has 1 aliphatic heterocycles. The average Bonchev–Trinajstić information content (AvgIpc) is 2.97. The molecule has 6 N–H and O–H groups in total. The van der Waals surface area contributed by atoms with E-state index in [4.69, 9.17) is 24.7 Å². The third-order valence-electron chi connectivity index (χ3n) is 6.60. The Morgan fingerprint density at radius 3 is 2.68 bits per heavy atom. The summed E-state index contributed by atoms with van der Waals surface area (Å²) in [5.74, 6) is 0.744. The zero-order chi connectivity index (χ0) is 29.6. The number of hydrogen-bond acceptors (Lipinski definition) is 11. The highest BCUT2D eigenvalue weighted by Gasteiger charge is 2.24. The first-order chi connectivity index (χ1) is 19.9. The number of hydroxylamine groups is 2. The normalized spacial score (nSPS) is 13.6. The molecule has 0 saturated carbocycles. The van der Waals surface area contributed by atoms with Gasteiger partial charge in [-0.1, -0.05) is 6.92 Å². The Morgan fingerprint density at radius 2 is 2.05 bits per heavy atom. The SMILES string of the molecule is CC[NH2+]c1nc(CC)c(CNC(=O)c2ccc(NCON(C)CCOC(C)=O)nc2)c(NC2CCOCC2)c1C=N. The van der Waals surface area contributed by atoms with Crippen molar-refractivity contribution in [3.05, 3.63) is 40.7 Å². The lowest BCUT2D eigenvalue weighted by Crippen LogP contribution is -2.78. The van der Waals surface area contributed by atoms with Crippen LogP contribution in [-0.4, -0.2) is 85.9 Å². The van der Waals surface area contributed by atoms with E-state index in [1.807, 2.05) is 12.2 Å². The van der Waals surface area contributed by atoms with E-state index in [0.29, 0.717) is 37.6 Å². The van der Waals surface area contributed by atoms with Crippen LogP contribution in [0.25, 0.3) is 0 Å². The van der Waals surface area contributed by atoms with Crippen LogP contribution in [0.15, 0.2) is 18.3 Å². The van der Waals surface area contributed by atoms with Gasteiger partial charge >= 0.3 is 5.97 Å². The van der Waals surface area contributed by atoms with E-state index in [1.165, 1.54) is 19.3 Å². The van der Waals surface area contributed by atoms with Crippen LogP contribution in [-0.2, 0) is 32.1 Å². The quantitative estimate of drug-likeness (QED) is 0.0863. The van der Waals surface area contributed by atoms with Crippen LogP contribution in [0.3, 0.4) is 0 Å². The first kappa shape index (κ1) is 31.9. The summed E-state index contributed by atoms with van der Waals surface area (Å²) in [6, 6.07) is 3.62. The lowest BCUT2D eigenvalue weighted by molar-refractivity contribution is -0.571. The number of pyridine rings is 2. The van der Waals surface area contributed by atoms with Crippen molar-refractivity contribution in [1.82, 2.24) is 20.3 Å². The van der Waals surface area contributed by atoms with Crippen LogP contribution in [0.2, 0.25) is 0 Å². The Hall–Kier alpha value is -3.65. The molecule has 0 spiro atoms. The summed E-state index contributed by atoms with van der Waals surface area (Å²) in [4.78, 5) is 38.6. The van der Waals surface area contributed by atoms with Gasteiger partial charge in [-0.25, -0.2) is 9.97 Å². The summed E-state index contributed by atoms with van der Waals surface area (Å²) in [6.07, 6.45) is 5.30. The molecule has 0 radical (unpaired) electrons. The standard InChI is InChI=1S/C28H42N8O5/c1-5-24-23(26(34-21-9-12-39-13-10-21)22(15-29)27(35-24)30-6-2)17-32-28(38)20-7-8-25(31-16-20)33-18-41-36(4)11-14-40-19(3)37/h7-8,15-16,21,29H,5-6,9-14,17-18H2,1-4H3,(H,31,33)(H,32,38)(H2,30,34,35)/p+1. The molecule has 0 aliphatic carbocycles. The molecule has 2 aromatic rings. The van der Waals surface area contributed by atoms with Crippen LogP contribution < -0.4 is 21.3 Å². The molecule has 13 heteroatoms. The van der Waals surface area contributed by atoms with Crippen molar-refractivity contribution in [1.29, 1.82) is 5.41 Å². The van der Waals surface area contributed by atoms with Crippen molar-refractivity contribution in [3.8, 4) is 0 Å². The Labute approximate surface area is 241 Å². The average molecular weight is 572 g/mol. The van der Waals surface area contributed by atoms with E-state index >= 15 is 0 Å². The van der Waals surface area contributed by atoms with Gasteiger partial charge in [-0.05, 0) is 38.3 Å². The summed E-state index contributed by atoms with van der Waals surface area (Å²) < 4.78 is 10.4. The van der Waals surface area contributed by atoms with Gasteiger partial charge in [0.2, 0.25) is 5.82 Å². The maximum Gasteiger partial charge on any atom is 0.302 e. The van der Waals surface area contributed by atoms with Gasteiger partial charge in [0.1, 0.15) is 19.2 Å². The number of nitrogens with zero attached hydrogens (tertiary/aromatic N) is 3. The molecule has 1 fully saturated rings. The minimum atomic E-state index is -0.334. The smallest absolute Gasteiger partial charge is 0.302 e. The van der Waals surface area contributed by atoms with E-state index in [1.54, 1.807) is 24.2 Å². The first-order valence-corrected chi connectivity index (χ1v) is 14.0. The Balaban J connectivity index is 1.65. The van der Waals surface area contributed by atoms with Crippen LogP contribution >= 0.6 is 0 Å². The number of esters is 1. The fourth-order valence-corrected chi connectivity index (χ4v) is 4.40. The number of carbonyl (C=O) groups is 2. The fraction of sp³-hybridized carbons (Fsp3) is 0.536. The van der Waals surface area contributed by atoms with E-state index in [9.17, 15) is 9.59 Å². The summed E-state index contributed by atoms with van der Waals surface area (Å²) >= 11 is 0. The van der Waals surface area contributed by atoms with E-state index in [2.05, 4.69) is 27.9 Å². The summed E-state index contributed by atoms with van der Waals surface area (Å²) in [5.41, 5.74) is 3.79. The minimum absolute atomic E-state index is 0.158. The molecular formula is C28H43N8O5+. The van der Waals surface area contributed by atoms with Gasteiger partial charge in [0.05, 0.1) is 35.6 Å². The number of hydrogen-bond donors (Lipinski definition) is 5. The van der Waals surface area contributed by atoms with Gasteiger partial charge in [0.15, 0.2) is 0 Å². The Morgan fingerprint density at radius 1 is 1.27 bits per heavy atom. The number of nitrogens with one attached hydrogen (secondary N) is 4. The highest BCUT2D eigenvalue weighted by atomic mass is 16.7. The maximum absolute atomic E-state index is 13.1. The number of carbonyl (C=O) groups excluding carboxylic acids is 2. The molecule has 2 aromatic heterocycles. The topological polar surface area (TPSA) is 167 Å². The highest BCUT2D eigenvalue weighted by Crippen LogP contribution is 2.29. The van der Waals surface area contributed by atoms with Crippen LogP contribution in [0.4, 0.5) is 17.3 Å². The molecule has 3 rings (SSSR count). The number of likely N-dealkylation sites (N-methyl/N-ethyl adjacent to an activating group) is 1. The number of aromatic nitrogens is 2. The lowest BCUT2D eigenvalue weighted by atomic mass is 10.0. The second-order valence-electron chi connectivity index (χ2n) is 9.61. The second kappa shape index (κ2) is 16.6.